The van der Waals surface area contributed by atoms with Gasteiger partial charge >= 0.3 is 0 Å². The van der Waals surface area contributed by atoms with Gasteiger partial charge in [0.25, 0.3) is 5.56 Å². The highest BCUT2D eigenvalue weighted by Crippen LogP contribution is 2.26. The Labute approximate surface area is 75.8 Å². The Morgan fingerprint density at radius 2 is 2.42 bits per heavy atom. The molecule has 1 aromatic rings. The molecule has 0 radical (unpaired) electrons. The van der Waals surface area contributed by atoms with Gasteiger partial charge in [-0.3, -0.25) is 4.79 Å². The number of aromatic nitrogens is 1. The number of rotatable bonds is 1. The summed E-state index contributed by atoms with van der Waals surface area (Å²) in [4.78, 5) is 11.3. The molecule has 0 spiro atoms. The average molecular weight is 184 g/mol. The van der Waals surface area contributed by atoms with Crippen molar-refractivity contribution in [3.05, 3.63) is 34.2 Å². The van der Waals surface area contributed by atoms with E-state index in [1.807, 2.05) is 10.6 Å². The fourth-order valence-electron chi connectivity index (χ4n) is 1.72. The third-order valence-electron chi connectivity index (χ3n) is 2.39. The molecule has 0 fully saturated rings. The zero-order chi connectivity index (χ0) is 8.55. The van der Waals surface area contributed by atoms with E-state index in [4.69, 9.17) is 11.6 Å². The van der Waals surface area contributed by atoms with Crippen LogP contribution in [0.3, 0.4) is 0 Å². The number of nitrogens with zero attached hydrogens (tertiary/aromatic N) is 1. The summed E-state index contributed by atoms with van der Waals surface area (Å²) >= 11 is 5.77. The molecule has 1 atom stereocenters. The van der Waals surface area contributed by atoms with Gasteiger partial charge in [0, 0.05) is 30.1 Å². The standard InChI is InChI=1S/C9H10ClNO/c10-6-7-4-5-11-8(7)2-1-3-9(11)12/h1-3,7H,4-6H2. The normalized spacial score (nSPS) is 20.9. The summed E-state index contributed by atoms with van der Waals surface area (Å²) in [5.74, 6) is 0.990. The number of hydrogen-bond acceptors (Lipinski definition) is 1. The van der Waals surface area contributed by atoms with Crippen molar-refractivity contribution in [2.45, 2.75) is 18.9 Å². The molecule has 12 heavy (non-hydrogen) atoms. The van der Waals surface area contributed by atoms with Gasteiger partial charge in [-0.15, -0.1) is 11.6 Å². The van der Waals surface area contributed by atoms with E-state index in [9.17, 15) is 4.79 Å². The Hall–Kier alpha value is -0.760. The van der Waals surface area contributed by atoms with Crippen LogP contribution in [-0.2, 0) is 6.54 Å². The molecule has 3 heteroatoms. The molecular weight excluding hydrogens is 174 g/mol. The molecule has 1 aromatic heterocycles. The summed E-state index contributed by atoms with van der Waals surface area (Å²) < 4.78 is 1.81. The highest BCUT2D eigenvalue weighted by Gasteiger charge is 2.21. The molecule has 0 saturated heterocycles. The molecule has 0 aromatic carbocycles. The van der Waals surface area contributed by atoms with Gasteiger partial charge in [-0.25, -0.2) is 0 Å². The molecular formula is C9H10ClNO. The molecule has 2 nitrogen and oxygen atoms in total. The van der Waals surface area contributed by atoms with E-state index in [1.165, 1.54) is 0 Å². The number of pyridine rings is 1. The molecule has 0 saturated carbocycles. The Kier molecular flexibility index (Phi) is 1.93. The quantitative estimate of drug-likeness (QED) is 0.606. The molecule has 1 aliphatic rings. The average Bonchev–Trinajstić information content (AvgIpc) is 2.49. The summed E-state index contributed by atoms with van der Waals surface area (Å²) in [6.07, 6.45) is 1.00. The first-order valence-electron chi connectivity index (χ1n) is 4.08. The first-order valence-corrected chi connectivity index (χ1v) is 4.62. The van der Waals surface area contributed by atoms with E-state index < -0.39 is 0 Å². The maximum Gasteiger partial charge on any atom is 0.250 e. The van der Waals surface area contributed by atoms with E-state index in [2.05, 4.69) is 0 Å². The lowest BCUT2D eigenvalue weighted by Gasteiger charge is -2.05. The van der Waals surface area contributed by atoms with Crippen LogP contribution in [0.1, 0.15) is 18.0 Å². The third kappa shape index (κ3) is 1.07. The van der Waals surface area contributed by atoms with Gasteiger partial charge in [-0.05, 0) is 12.5 Å². The Morgan fingerprint density at radius 3 is 3.17 bits per heavy atom. The second kappa shape index (κ2) is 2.94. The van der Waals surface area contributed by atoms with Crippen LogP contribution >= 0.6 is 11.6 Å². The van der Waals surface area contributed by atoms with Crippen LogP contribution in [0, 0.1) is 0 Å². The van der Waals surface area contributed by atoms with E-state index in [-0.39, 0.29) is 5.56 Å². The molecule has 64 valence electrons. The second-order valence-corrected chi connectivity index (χ2v) is 3.39. The predicted octanol–water partition coefficient (Wildman–Crippen LogP) is 1.57. The Balaban J connectivity index is 2.53. The van der Waals surface area contributed by atoms with Gasteiger partial charge in [0.05, 0.1) is 0 Å². The Morgan fingerprint density at radius 1 is 1.58 bits per heavy atom. The van der Waals surface area contributed by atoms with Crippen LogP contribution in [0.2, 0.25) is 0 Å². The summed E-state index contributed by atoms with van der Waals surface area (Å²) in [6, 6.07) is 5.39. The molecule has 1 unspecified atom stereocenters. The van der Waals surface area contributed by atoms with Gasteiger partial charge in [0.1, 0.15) is 0 Å². The molecule has 2 rings (SSSR count). The fourth-order valence-corrected chi connectivity index (χ4v) is 2.03. The monoisotopic (exact) mass is 183 g/mol. The van der Waals surface area contributed by atoms with Gasteiger partial charge < -0.3 is 4.57 Å². The van der Waals surface area contributed by atoms with E-state index >= 15 is 0 Å². The van der Waals surface area contributed by atoms with Crippen molar-refractivity contribution in [2.75, 3.05) is 5.88 Å². The van der Waals surface area contributed by atoms with Crippen LogP contribution in [0.15, 0.2) is 23.0 Å². The first kappa shape index (κ1) is 7.87. The van der Waals surface area contributed by atoms with Crippen molar-refractivity contribution in [3.8, 4) is 0 Å². The van der Waals surface area contributed by atoms with Crippen molar-refractivity contribution < 1.29 is 0 Å². The van der Waals surface area contributed by atoms with Crippen molar-refractivity contribution in [3.63, 3.8) is 0 Å². The van der Waals surface area contributed by atoms with Gasteiger partial charge in [0.2, 0.25) is 0 Å². The molecule has 0 N–H and O–H groups in total. The number of hydrogen-bond donors (Lipinski definition) is 0. The topological polar surface area (TPSA) is 22.0 Å². The van der Waals surface area contributed by atoms with Crippen LogP contribution in [-0.4, -0.2) is 10.4 Å². The molecule has 0 bridgehead atoms. The van der Waals surface area contributed by atoms with E-state index in [0.29, 0.717) is 11.8 Å². The molecule has 2 heterocycles. The van der Waals surface area contributed by atoms with Crippen LogP contribution in [0.5, 0.6) is 0 Å². The van der Waals surface area contributed by atoms with E-state index in [0.717, 1.165) is 18.7 Å². The fraction of sp³-hybridized carbons (Fsp3) is 0.444. The van der Waals surface area contributed by atoms with Gasteiger partial charge in [0.15, 0.2) is 0 Å². The van der Waals surface area contributed by atoms with Crippen molar-refractivity contribution >= 4 is 11.6 Å². The first-order chi connectivity index (χ1) is 5.83. The molecule has 0 aliphatic carbocycles. The lowest BCUT2D eigenvalue weighted by molar-refractivity contribution is 0.695. The maximum atomic E-state index is 11.3. The van der Waals surface area contributed by atoms with E-state index in [1.54, 1.807) is 12.1 Å². The van der Waals surface area contributed by atoms with Crippen LogP contribution < -0.4 is 5.56 Å². The number of alkyl halides is 1. The number of fused-ring (bicyclic) bond motifs is 1. The third-order valence-corrected chi connectivity index (χ3v) is 2.76. The zero-order valence-electron chi connectivity index (χ0n) is 6.66. The summed E-state index contributed by atoms with van der Waals surface area (Å²) in [5.41, 5.74) is 1.19. The second-order valence-electron chi connectivity index (χ2n) is 3.08. The minimum Gasteiger partial charge on any atom is -0.312 e. The van der Waals surface area contributed by atoms with Gasteiger partial charge in [-0.1, -0.05) is 6.07 Å². The molecule has 0 amide bonds. The van der Waals surface area contributed by atoms with Crippen LogP contribution in [0.25, 0.3) is 0 Å². The van der Waals surface area contributed by atoms with Gasteiger partial charge in [-0.2, -0.15) is 0 Å². The highest BCUT2D eigenvalue weighted by molar-refractivity contribution is 6.18. The van der Waals surface area contributed by atoms with Crippen molar-refractivity contribution in [1.82, 2.24) is 4.57 Å². The summed E-state index contributed by atoms with van der Waals surface area (Å²) in [6.45, 7) is 0.826. The Bertz CT molecular complexity index is 345. The van der Waals surface area contributed by atoms with Crippen molar-refractivity contribution in [2.24, 2.45) is 0 Å². The highest BCUT2D eigenvalue weighted by atomic mass is 35.5. The maximum absolute atomic E-state index is 11.3. The lowest BCUT2D eigenvalue weighted by Crippen LogP contribution is -2.17. The SMILES string of the molecule is O=c1cccc2n1CCC2CCl. The van der Waals surface area contributed by atoms with Crippen molar-refractivity contribution in [1.29, 1.82) is 0 Å². The van der Waals surface area contributed by atoms with Crippen LogP contribution in [0.4, 0.5) is 0 Å². The minimum absolute atomic E-state index is 0.0973. The summed E-state index contributed by atoms with van der Waals surface area (Å²) in [7, 11) is 0. The predicted molar refractivity (Wildman–Crippen MR) is 48.8 cm³/mol. The largest absolute Gasteiger partial charge is 0.312 e. The number of halogens is 1. The smallest absolute Gasteiger partial charge is 0.250 e. The zero-order valence-corrected chi connectivity index (χ0v) is 7.42. The summed E-state index contributed by atoms with van der Waals surface area (Å²) in [5, 5.41) is 0. The minimum atomic E-state index is 0.0973. The lowest BCUT2D eigenvalue weighted by atomic mass is 10.1. The molecule has 1 aliphatic heterocycles.